The number of ketones is 1. The number of hydrogen-bond donors (Lipinski definition) is 0. The molecule has 0 N–H and O–H groups in total. The monoisotopic (exact) mass is 568 g/mol. The summed E-state index contributed by atoms with van der Waals surface area (Å²) < 4.78 is 11.5. The Hall–Kier alpha value is -1.42. The van der Waals surface area contributed by atoms with Gasteiger partial charge in [-0.15, -0.1) is 0 Å². The van der Waals surface area contributed by atoms with Crippen LogP contribution in [0.2, 0.25) is 0 Å². The van der Waals surface area contributed by atoms with Crippen molar-refractivity contribution in [2.24, 2.45) is 40.4 Å². The lowest BCUT2D eigenvalue weighted by molar-refractivity contribution is -0.156. The van der Waals surface area contributed by atoms with Crippen LogP contribution < -0.4 is 0 Å². The molecule has 0 aliphatic heterocycles. The molecule has 4 nitrogen and oxygen atoms in total. The van der Waals surface area contributed by atoms with Crippen molar-refractivity contribution < 1.29 is 19.1 Å². The van der Waals surface area contributed by atoms with Crippen LogP contribution in [0.3, 0.4) is 0 Å². The minimum Gasteiger partial charge on any atom is -0.460 e. The Balaban J connectivity index is 1.24. The normalized spacial score (nSPS) is 35.1. The number of esters is 1. The predicted octanol–water partition coefficient (Wildman–Crippen LogP) is 9.41. The number of unbranched alkanes of at least 4 members (excludes halogenated alkanes) is 1. The van der Waals surface area contributed by atoms with Crippen LogP contribution in [0.1, 0.15) is 138 Å². The van der Waals surface area contributed by atoms with Crippen molar-refractivity contribution in [1.29, 1.82) is 0 Å². The molecular weight excluding hydrogens is 508 g/mol. The van der Waals surface area contributed by atoms with Gasteiger partial charge in [-0.3, -0.25) is 9.59 Å². The van der Waals surface area contributed by atoms with Gasteiger partial charge >= 0.3 is 5.97 Å². The maximum absolute atomic E-state index is 12.1. The molecule has 0 spiro atoms. The number of ether oxygens (including phenoxy) is 2. The Labute approximate surface area is 251 Å². The van der Waals surface area contributed by atoms with E-state index in [1.54, 1.807) is 5.57 Å². The Bertz CT molecular complexity index is 970. The van der Waals surface area contributed by atoms with Gasteiger partial charge in [0.25, 0.3) is 0 Å². The number of carbonyl (C=O) groups is 2. The molecule has 7 atom stereocenters. The first-order valence-corrected chi connectivity index (χ1v) is 17.0. The van der Waals surface area contributed by atoms with Gasteiger partial charge in [0.15, 0.2) is 0 Å². The molecule has 0 bridgehead atoms. The molecule has 4 aliphatic carbocycles. The van der Waals surface area contributed by atoms with Gasteiger partial charge in [0, 0.05) is 6.42 Å². The van der Waals surface area contributed by atoms with Crippen LogP contribution in [0.5, 0.6) is 0 Å². The number of rotatable bonds is 12. The fourth-order valence-electron chi connectivity index (χ4n) is 9.38. The highest BCUT2D eigenvalue weighted by Crippen LogP contribution is 2.66. The molecule has 7 unspecified atom stereocenters. The maximum atomic E-state index is 12.1. The summed E-state index contributed by atoms with van der Waals surface area (Å²) in [5, 5.41) is 0. The SMILES string of the molecule is CC(C)CCCCC1CCC2C3CC=C4CC(OC/C=C/CC(=O)CC(=O)OC(C)(C)C)CCC4(C)C3CCC12C. The summed E-state index contributed by atoms with van der Waals surface area (Å²) in [6.07, 6.45) is 23.0. The van der Waals surface area contributed by atoms with E-state index in [9.17, 15) is 9.59 Å². The summed E-state index contributed by atoms with van der Waals surface area (Å²) in [6.45, 7) is 16.0. The molecule has 0 aromatic heterocycles. The van der Waals surface area contributed by atoms with E-state index in [1.807, 2.05) is 32.9 Å². The van der Waals surface area contributed by atoms with Crippen molar-refractivity contribution >= 4 is 11.8 Å². The van der Waals surface area contributed by atoms with Gasteiger partial charge in [-0.25, -0.2) is 0 Å². The zero-order valence-corrected chi connectivity index (χ0v) is 27.4. The number of allylic oxidation sites excluding steroid dienone is 2. The quantitative estimate of drug-likeness (QED) is 0.102. The van der Waals surface area contributed by atoms with Crippen LogP contribution in [0.25, 0.3) is 0 Å². The zero-order valence-electron chi connectivity index (χ0n) is 27.4. The number of hydrogen-bond acceptors (Lipinski definition) is 4. The van der Waals surface area contributed by atoms with Crippen LogP contribution in [-0.2, 0) is 19.1 Å². The highest BCUT2D eigenvalue weighted by Gasteiger charge is 2.58. The van der Waals surface area contributed by atoms with Crippen molar-refractivity contribution in [3.63, 3.8) is 0 Å². The number of fused-ring (bicyclic) bond motifs is 5. The zero-order chi connectivity index (χ0) is 29.8. The third-order valence-electron chi connectivity index (χ3n) is 11.5. The van der Waals surface area contributed by atoms with Crippen molar-refractivity contribution in [1.82, 2.24) is 0 Å². The van der Waals surface area contributed by atoms with Gasteiger partial charge in [0.2, 0.25) is 0 Å². The number of Topliss-reactive ketones (excluding diaryl/α,β-unsaturated/α-hetero) is 1. The molecule has 4 rings (SSSR count). The van der Waals surface area contributed by atoms with Gasteiger partial charge in [0.05, 0.1) is 12.7 Å². The summed E-state index contributed by atoms with van der Waals surface area (Å²) in [5.74, 6) is 3.86. The first-order valence-electron chi connectivity index (χ1n) is 17.0. The lowest BCUT2D eigenvalue weighted by Crippen LogP contribution is -2.50. The molecule has 0 aromatic rings. The average molecular weight is 569 g/mol. The number of carbonyl (C=O) groups excluding carboxylic acids is 2. The largest absolute Gasteiger partial charge is 0.460 e. The summed E-state index contributed by atoms with van der Waals surface area (Å²) in [4.78, 5) is 23.9. The summed E-state index contributed by atoms with van der Waals surface area (Å²) >= 11 is 0. The van der Waals surface area contributed by atoms with Crippen molar-refractivity contribution in [3.8, 4) is 0 Å². The fraction of sp³-hybridized carbons (Fsp3) is 0.838. The van der Waals surface area contributed by atoms with E-state index in [0.29, 0.717) is 17.4 Å². The van der Waals surface area contributed by atoms with E-state index >= 15 is 0 Å². The molecule has 232 valence electrons. The second-order valence-electron chi connectivity index (χ2n) is 15.9. The van der Waals surface area contributed by atoms with Crippen molar-refractivity contribution in [3.05, 3.63) is 23.8 Å². The maximum Gasteiger partial charge on any atom is 0.313 e. The van der Waals surface area contributed by atoms with Crippen LogP contribution in [0.15, 0.2) is 23.8 Å². The molecular formula is C37H60O4. The summed E-state index contributed by atoms with van der Waals surface area (Å²) in [6, 6.07) is 0. The Morgan fingerprint density at radius 2 is 1.80 bits per heavy atom. The first-order chi connectivity index (χ1) is 19.3. The third-order valence-corrected chi connectivity index (χ3v) is 11.5. The van der Waals surface area contributed by atoms with Gasteiger partial charge in [-0.1, -0.05) is 70.8 Å². The van der Waals surface area contributed by atoms with E-state index in [4.69, 9.17) is 9.47 Å². The smallest absolute Gasteiger partial charge is 0.313 e. The Morgan fingerprint density at radius 3 is 2.54 bits per heavy atom. The molecule has 4 aliphatic rings. The first kappa shape index (κ1) is 32.5. The second kappa shape index (κ2) is 13.5. The van der Waals surface area contributed by atoms with Crippen LogP contribution in [0.4, 0.5) is 0 Å². The van der Waals surface area contributed by atoms with E-state index < -0.39 is 11.6 Å². The van der Waals surface area contributed by atoms with E-state index in [0.717, 1.165) is 42.4 Å². The lowest BCUT2D eigenvalue weighted by atomic mass is 9.47. The fourth-order valence-corrected chi connectivity index (χ4v) is 9.38. The highest BCUT2D eigenvalue weighted by molar-refractivity contribution is 5.96. The molecule has 41 heavy (non-hydrogen) atoms. The topological polar surface area (TPSA) is 52.6 Å². The Morgan fingerprint density at radius 1 is 1.02 bits per heavy atom. The van der Waals surface area contributed by atoms with Gasteiger partial charge in [-0.05, 0) is 119 Å². The lowest BCUT2D eigenvalue weighted by Gasteiger charge is -2.58. The van der Waals surface area contributed by atoms with Crippen molar-refractivity contribution in [2.45, 2.75) is 150 Å². The average Bonchev–Trinajstić information content (AvgIpc) is 3.21. The molecule has 0 amide bonds. The highest BCUT2D eigenvalue weighted by atomic mass is 16.6. The molecule has 0 aromatic carbocycles. The molecule has 0 radical (unpaired) electrons. The minimum absolute atomic E-state index is 0.117. The molecule has 3 saturated carbocycles. The molecule has 4 heteroatoms. The van der Waals surface area contributed by atoms with E-state index in [2.05, 4.69) is 33.8 Å². The van der Waals surface area contributed by atoms with E-state index in [1.165, 1.54) is 64.2 Å². The molecule has 3 fully saturated rings. The van der Waals surface area contributed by atoms with Gasteiger partial charge in [-0.2, -0.15) is 0 Å². The Kier molecular flexibility index (Phi) is 10.7. The standard InChI is InChI=1S/C37H60O4/c1-26(2)12-8-9-13-27-16-18-32-31-17-15-28-24-30(19-21-37(28,7)33(31)20-22-36(27,32)6)40-23-11-10-14-29(38)25-34(39)41-35(3,4)5/h10-11,15,26-27,30-33H,8-9,12-14,16-25H2,1-7H3/b11-10+. The third kappa shape index (κ3) is 7.95. The van der Waals surface area contributed by atoms with E-state index in [-0.39, 0.29) is 24.7 Å². The predicted molar refractivity (Wildman–Crippen MR) is 167 cm³/mol. The van der Waals surface area contributed by atoms with Crippen molar-refractivity contribution in [2.75, 3.05) is 6.61 Å². The molecule has 0 saturated heterocycles. The van der Waals surface area contributed by atoms with Gasteiger partial charge < -0.3 is 9.47 Å². The van der Waals surface area contributed by atoms with Crippen LogP contribution in [-0.4, -0.2) is 30.1 Å². The minimum atomic E-state index is -0.560. The van der Waals surface area contributed by atoms with Crippen LogP contribution >= 0.6 is 0 Å². The summed E-state index contributed by atoms with van der Waals surface area (Å²) in [5.41, 5.74) is 2.03. The molecule has 0 heterocycles. The second-order valence-corrected chi connectivity index (χ2v) is 15.9. The summed E-state index contributed by atoms with van der Waals surface area (Å²) in [7, 11) is 0. The van der Waals surface area contributed by atoms with Crippen LogP contribution in [0, 0.1) is 40.4 Å². The van der Waals surface area contributed by atoms with Gasteiger partial charge in [0.1, 0.15) is 17.8 Å².